The first-order chi connectivity index (χ1) is 8.29. The highest BCUT2D eigenvalue weighted by atomic mass is 79.9. The van der Waals surface area contributed by atoms with Crippen LogP contribution in [0.3, 0.4) is 0 Å². The van der Waals surface area contributed by atoms with Crippen molar-refractivity contribution in [3.63, 3.8) is 0 Å². The second-order valence-corrected chi connectivity index (χ2v) is 6.42. The number of rotatable bonds is 0. The normalized spacial score (nSPS) is 24.9. The lowest BCUT2D eigenvalue weighted by molar-refractivity contribution is 0.0867. The van der Waals surface area contributed by atoms with E-state index in [0.717, 1.165) is 26.9 Å². The van der Waals surface area contributed by atoms with Crippen molar-refractivity contribution >= 4 is 21.6 Å². The number of anilines is 1. The molecule has 3 heteroatoms. The van der Waals surface area contributed by atoms with Gasteiger partial charge in [-0.15, -0.1) is 6.42 Å². The van der Waals surface area contributed by atoms with Gasteiger partial charge in [-0.1, -0.05) is 12.8 Å². The Morgan fingerprint density at radius 3 is 2.67 bits per heavy atom. The number of aliphatic hydroxyl groups is 1. The minimum atomic E-state index is -0.467. The van der Waals surface area contributed by atoms with E-state index < -0.39 is 6.10 Å². The van der Waals surface area contributed by atoms with Crippen LogP contribution in [0.5, 0.6) is 0 Å². The first-order valence-corrected chi connectivity index (χ1v) is 6.84. The fourth-order valence-corrected chi connectivity index (χ4v) is 3.42. The maximum Gasteiger partial charge on any atom is 0.0831 e. The third kappa shape index (κ3) is 1.84. The summed E-state index contributed by atoms with van der Waals surface area (Å²) in [4.78, 5) is 0. The van der Waals surface area contributed by atoms with Gasteiger partial charge in [-0.05, 0) is 53.9 Å². The molecule has 0 saturated heterocycles. The number of nitrogens with one attached hydrogen (secondary N) is 1. The minimum absolute atomic E-state index is 0.0125. The molecule has 1 aliphatic heterocycles. The number of hydrogen-bond acceptors (Lipinski definition) is 2. The SMILES string of the molecule is C#Cc1c(Br)cc(C)c2c1[C@H](C)C(O)C(C)(C)N2. The van der Waals surface area contributed by atoms with Crippen molar-refractivity contribution in [3.8, 4) is 12.3 Å². The van der Waals surface area contributed by atoms with Gasteiger partial charge in [0.25, 0.3) is 0 Å². The molecule has 0 spiro atoms. The Balaban J connectivity index is 2.75. The van der Waals surface area contributed by atoms with Gasteiger partial charge in [-0.25, -0.2) is 0 Å². The second-order valence-electron chi connectivity index (χ2n) is 5.56. The summed E-state index contributed by atoms with van der Waals surface area (Å²) in [5.41, 5.74) is 3.73. The zero-order valence-electron chi connectivity index (χ0n) is 11.1. The van der Waals surface area contributed by atoms with Gasteiger partial charge in [0.15, 0.2) is 0 Å². The van der Waals surface area contributed by atoms with Crippen LogP contribution in [0.25, 0.3) is 0 Å². The zero-order valence-corrected chi connectivity index (χ0v) is 12.7. The van der Waals surface area contributed by atoms with Crippen LogP contribution in [-0.4, -0.2) is 16.7 Å². The summed E-state index contributed by atoms with van der Waals surface area (Å²) < 4.78 is 0.918. The Kier molecular flexibility index (Phi) is 3.21. The molecule has 1 heterocycles. The molecule has 0 amide bonds. The Bertz CT molecular complexity index is 542. The fraction of sp³-hybridized carbons (Fsp3) is 0.467. The lowest BCUT2D eigenvalue weighted by Crippen LogP contribution is -2.50. The van der Waals surface area contributed by atoms with Crippen molar-refractivity contribution < 1.29 is 5.11 Å². The first kappa shape index (κ1) is 13.5. The molecule has 0 saturated carbocycles. The molecule has 1 aromatic carbocycles. The molecule has 0 radical (unpaired) electrons. The molecule has 1 aliphatic rings. The van der Waals surface area contributed by atoms with Gasteiger partial charge in [0.05, 0.1) is 11.6 Å². The summed E-state index contributed by atoms with van der Waals surface area (Å²) >= 11 is 3.51. The summed E-state index contributed by atoms with van der Waals surface area (Å²) in [5.74, 6) is 2.74. The molecule has 2 atom stereocenters. The average molecular weight is 308 g/mol. The number of halogens is 1. The molecular weight excluding hydrogens is 290 g/mol. The highest BCUT2D eigenvalue weighted by Gasteiger charge is 2.40. The van der Waals surface area contributed by atoms with Crippen LogP contribution in [0, 0.1) is 19.3 Å². The van der Waals surface area contributed by atoms with Gasteiger partial charge in [0.1, 0.15) is 0 Å². The maximum absolute atomic E-state index is 10.4. The summed E-state index contributed by atoms with van der Waals surface area (Å²) in [5, 5.41) is 13.8. The monoisotopic (exact) mass is 307 g/mol. The van der Waals surface area contributed by atoms with E-state index >= 15 is 0 Å². The summed E-state index contributed by atoms with van der Waals surface area (Å²) in [7, 11) is 0. The van der Waals surface area contributed by atoms with Crippen LogP contribution in [0.4, 0.5) is 5.69 Å². The highest BCUT2D eigenvalue weighted by Crippen LogP contribution is 2.44. The molecule has 2 nitrogen and oxygen atoms in total. The molecule has 0 fully saturated rings. The van der Waals surface area contributed by atoms with E-state index in [4.69, 9.17) is 6.42 Å². The number of aliphatic hydroxyl groups excluding tert-OH is 1. The Labute approximate surface area is 117 Å². The lowest BCUT2D eigenvalue weighted by atomic mass is 9.76. The van der Waals surface area contributed by atoms with E-state index in [1.807, 2.05) is 26.8 Å². The van der Waals surface area contributed by atoms with Crippen molar-refractivity contribution in [2.45, 2.75) is 45.3 Å². The van der Waals surface area contributed by atoms with Crippen molar-refractivity contribution in [1.82, 2.24) is 0 Å². The van der Waals surface area contributed by atoms with Crippen LogP contribution in [-0.2, 0) is 0 Å². The quantitative estimate of drug-likeness (QED) is 0.720. The van der Waals surface area contributed by atoms with E-state index in [9.17, 15) is 5.11 Å². The van der Waals surface area contributed by atoms with Gasteiger partial charge in [0, 0.05) is 21.6 Å². The van der Waals surface area contributed by atoms with Gasteiger partial charge in [-0.3, -0.25) is 0 Å². The van der Waals surface area contributed by atoms with E-state index in [1.54, 1.807) is 0 Å². The predicted molar refractivity (Wildman–Crippen MR) is 78.9 cm³/mol. The second kappa shape index (κ2) is 4.29. The van der Waals surface area contributed by atoms with Crippen LogP contribution in [0.1, 0.15) is 43.4 Å². The first-order valence-electron chi connectivity index (χ1n) is 6.05. The van der Waals surface area contributed by atoms with Crippen molar-refractivity contribution in [2.24, 2.45) is 0 Å². The van der Waals surface area contributed by atoms with E-state index in [1.165, 1.54) is 0 Å². The van der Waals surface area contributed by atoms with Crippen LogP contribution in [0.2, 0.25) is 0 Å². The molecule has 0 bridgehead atoms. The van der Waals surface area contributed by atoms with E-state index in [2.05, 4.69) is 34.1 Å². The predicted octanol–water partition coefficient (Wildman–Crippen LogP) is 3.41. The molecule has 1 aromatic rings. The van der Waals surface area contributed by atoms with Crippen molar-refractivity contribution in [3.05, 3.63) is 27.2 Å². The summed E-state index contributed by atoms with van der Waals surface area (Å²) in [6.07, 6.45) is 5.14. The zero-order chi connectivity index (χ0) is 13.7. The average Bonchev–Trinajstić information content (AvgIpc) is 2.28. The smallest absolute Gasteiger partial charge is 0.0831 e. The molecule has 0 aliphatic carbocycles. The maximum atomic E-state index is 10.4. The van der Waals surface area contributed by atoms with Gasteiger partial charge < -0.3 is 10.4 Å². The van der Waals surface area contributed by atoms with Crippen LogP contribution < -0.4 is 5.32 Å². The Morgan fingerprint density at radius 1 is 1.50 bits per heavy atom. The van der Waals surface area contributed by atoms with Crippen molar-refractivity contribution in [1.29, 1.82) is 0 Å². The Hall–Kier alpha value is -0.980. The van der Waals surface area contributed by atoms with E-state index in [-0.39, 0.29) is 11.5 Å². The van der Waals surface area contributed by atoms with E-state index in [0.29, 0.717) is 0 Å². The molecule has 18 heavy (non-hydrogen) atoms. The fourth-order valence-electron chi connectivity index (χ4n) is 2.75. The largest absolute Gasteiger partial charge is 0.390 e. The minimum Gasteiger partial charge on any atom is -0.390 e. The molecule has 0 aromatic heterocycles. The van der Waals surface area contributed by atoms with Crippen LogP contribution in [0.15, 0.2) is 10.5 Å². The number of aryl methyl sites for hydroxylation is 1. The number of benzene rings is 1. The summed E-state index contributed by atoms with van der Waals surface area (Å²) in [6.45, 7) is 8.10. The van der Waals surface area contributed by atoms with Gasteiger partial charge in [-0.2, -0.15) is 0 Å². The molecular formula is C15H18BrNO. The molecule has 2 rings (SSSR count). The third-order valence-corrected chi connectivity index (χ3v) is 4.40. The van der Waals surface area contributed by atoms with Crippen LogP contribution >= 0.6 is 15.9 Å². The third-order valence-electron chi connectivity index (χ3n) is 3.77. The number of hydrogen-bond donors (Lipinski definition) is 2. The van der Waals surface area contributed by atoms with Gasteiger partial charge >= 0.3 is 0 Å². The Morgan fingerprint density at radius 2 is 2.11 bits per heavy atom. The number of terminal acetylenes is 1. The highest BCUT2D eigenvalue weighted by molar-refractivity contribution is 9.10. The molecule has 2 N–H and O–H groups in total. The molecule has 96 valence electrons. The lowest BCUT2D eigenvalue weighted by Gasteiger charge is -2.43. The molecule has 1 unspecified atom stereocenters. The summed E-state index contributed by atoms with van der Waals surface area (Å²) in [6, 6.07) is 2.03. The van der Waals surface area contributed by atoms with Gasteiger partial charge in [0.2, 0.25) is 0 Å². The standard InChI is InChI=1S/C15H18BrNO/c1-6-10-11(16)7-8(2)13-12(10)9(3)14(18)15(4,5)17-13/h1,7,9,14,17-18H,2-5H3/t9-,14?/m0/s1. The number of fused-ring (bicyclic) bond motifs is 1. The topological polar surface area (TPSA) is 32.3 Å². The van der Waals surface area contributed by atoms with Crippen molar-refractivity contribution in [2.75, 3.05) is 5.32 Å².